The molecule has 2 atom stereocenters. The van der Waals surface area contributed by atoms with E-state index in [0.717, 1.165) is 0 Å². The molecule has 2 amide bonds. The smallest absolute Gasteiger partial charge is 0.266 e. The van der Waals surface area contributed by atoms with Gasteiger partial charge in [-0.3, -0.25) is 14.5 Å². The van der Waals surface area contributed by atoms with Crippen LogP contribution in [0.5, 0.6) is 0 Å². The lowest BCUT2D eigenvalue weighted by atomic mass is 10.1. The van der Waals surface area contributed by atoms with Crippen LogP contribution in [0.2, 0.25) is 0 Å². The number of piperazine rings is 1. The van der Waals surface area contributed by atoms with Crippen LogP contribution in [0, 0.1) is 0 Å². The summed E-state index contributed by atoms with van der Waals surface area (Å²) in [6, 6.07) is 1.22. The first-order valence-corrected chi connectivity index (χ1v) is 10.1. The lowest BCUT2D eigenvalue weighted by Crippen LogP contribution is -2.59. The highest BCUT2D eigenvalue weighted by Gasteiger charge is 2.47. The van der Waals surface area contributed by atoms with Gasteiger partial charge >= 0.3 is 0 Å². The highest BCUT2D eigenvalue weighted by Crippen LogP contribution is 2.30. The third kappa shape index (κ3) is 3.13. The van der Waals surface area contributed by atoms with Crippen molar-refractivity contribution in [2.75, 3.05) is 37.0 Å². The number of nitrogens with one attached hydrogen (secondary N) is 1. The SMILES string of the molecule is CC(=O)Nc1ccsc1C(=O)N1CCN(C)[C@H]2CS(=O)(=O)C[C@H]21. The highest BCUT2D eigenvalue weighted by atomic mass is 32.2. The Hall–Kier alpha value is -1.45. The number of hydrogen-bond acceptors (Lipinski definition) is 6. The number of anilines is 1. The molecule has 3 heterocycles. The Bertz CT molecular complexity index is 743. The maximum absolute atomic E-state index is 12.9. The monoisotopic (exact) mass is 357 g/mol. The number of thiophene rings is 1. The lowest BCUT2D eigenvalue weighted by molar-refractivity contribution is -0.114. The number of amides is 2. The molecule has 7 nitrogen and oxygen atoms in total. The van der Waals surface area contributed by atoms with Crippen molar-refractivity contribution >= 4 is 38.7 Å². The van der Waals surface area contributed by atoms with E-state index in [1.54, 1.807) is 16.3 Å². The Kier molecular flexibility index (Phi) is 4.19. The lowest BCUT2D eigenvalue weighted by Gasteiger charge is -2.42. The molecule has 0 saturated carbocycles. The Morgan fingerprint density at radius 1 is 1.26 bits per heavy atom. The summed E-state index contributed by atoms with van der Waals surface area (Å²) in [5.74, 6) is -0.337. The maximum Gasteiger partial charge on any atom is 0.266 e. The van der Waals surface area contributed by atoms with Gasteiger partial charge in [0.15, 0.2) is 9.84 Å². The van der Waals surface area contributed by atoms with Gasteiger partial charge in [0.1, 0.15) is 4.88 Å². The first-order valence-electron chi connectivity index (χ1n) is 7.35. The van der Waals surface area contributed by atoms with Crippen molar-refractivity contribution < 1.29 is 18.0 Å². The second kappa shape index (κ2) is 5.88. The summed E-state index contributed by atoms with van der Waals surface area (Å²) in [5.41, 5.74) is 0.490. The molecular weight excluding hydrogens is 338 g/mol. The molecule has 2 aliphatic heterocycles. The molecule has 2 fully saturated rings. The van der Waals surface area contributed by atoms with Crippen LogP contribution in [0.25, 0.3) is 0 Å². The van der Waals surface area contributed by atoms with E-state index in [1.807, 2.05) is 11.9 Å². The molecule has 3 rings (SSSR count). The second-order valence-electron chi connectivity index (χ2n) is 6.04. The van der Waals surface area contributed by atoms with E-state index in [-0.39, 0.29) is 35.4 Å². The number of rotatable bonds is 2. The van der Waals surface area contributed by atoms with Gasteiger partial charge in [0.05, 0.1) is 23.2 Å². The standard InChI is InChI=1S/C14H19N3O4S2/c1-9(18)15-10-3-6-22-13(10)14(19)17-5-4-16(2)11-7-23(20,21)8-12(11)17/h3,6,11-12H,4-5,7-8H2,1-2H3,(H,15,18)/t11-,12+/m0/s1. The molecule has 1 aromatic rings. The molecule has 9 heteroatoms. The third-order valence-electron chi connectivity index (χ3n) is 4.38. The average Bonchev–Trinajstić information content (AvgIpc) is 3.01. The fourth-order valence-electron chi connectivity index (χ4n) is 3.27. The minimum Gasteiger partial charge on any atom is -0.331 e. The average molecular weight is 357 g/mol. The Morgan fingerprint density at radius 2 is 1.96 bits per heavy atom. The van der Waals surface area contributed by atoms with Gasteiger partial charge in [-0.1, -0.05) is 0 Å². The molecular formula is C14H19N3O4S2. The molecule has 126 valence electrons. The van der Waals surface area contributed by atoms with Crippen LogP contribution in [0.15, 0.2) is 11.4 Å². The van der Waals surface area contributed by atoms with E-state index >= 15 is 0 Å². The second-order valence-corrected chi connectivity index (χ2v) is 9.11. The molecule has 0 radical (unpaired) electrons. The predicted octanol–water partition coefficient (Wildman–Crippen LogP) is 0.260. The Labute approximate surface area is 139 Å². The maximum atomic E-state index is 12.9. The third-order valence-corrected chi connectivity index (χ3v) is 6.99. The minimum absolute atomic E-state index is 0.00852. The normalized spacial score (nSPS) is 26.8. The number of sulfone groups is 1. The molecule has 2 saturated heterocycles. The van der Waals surface area contributed by atoms with Gasteiger partial charge in [0.2, 0.25) is 5.91 Å². The zero-order valence-corrected chi connectivity index (χ0v) is 14.6. The number of fused-ring (bicyclic) bond motifs is 1. The van der Waals surface area contributed by atoms with E-state index in [4.69, 9.17) is 0 Å². The quantitative estimate of drug-likeness (QED) is 0.820. The zero-order valence-electron chi connectivity index (χ0n) is 13.0. The first-order chi connectivity index (χ1) is 10.8. The van der Waals surface area contributed by atoms with Crippen LogP contribution in [-0.4, -0.2) is 73.8 Å². The summed E-state index contributed by atoms with van der Waals surface area (Å²) in [6.45, 7) is 2.52. The van der Waals surface area contributed by atoms with Gasteiger partial charge in [-0.15, -0.1) is 11.3 Å². The molecule has 1 aromatic heterocycles. The van der Waals surface area contributed by atoms with Gasteiger partial charge in [-0.05, 0) is 18.5 Å². The molecule has 0 bridgehead atoms. The zero-order chi connectivity index (χ0) is 16.8. The Morgan fingerprint density at radius 3 is 2.65 bits per heavy atom. The van der Waals surface area contributed by atoms with Crippen LogP contribution < -0.4 is 5.32 Å². The van der Waals surface area contributed by atoms with Crippen LogP contribution in [0.1, 0.15) is 16.6 Å². The largest absolute Gasteiger partial charge is 0.331 e. The summed E-state index contributed by atoms with van der Waals surface area (Å²) in [7, 11) is -1.23. The van der Waals surface area contributed by atoms with Crippen molar-refractivity contribution in [2.45, 2.75) is 19.0 Å². The van der Waals surface area contributed by atoms with Crippen molar-refractivity contribution in [3.05, 3.63) is 16.3 Å². The molecule has 2 aliphatic rings. The van der Waals surface area contributed by atoms with Crippen molar-refractivity contribution in [3.8, 4) is 0 Å². The minimum atomic E-state index is -3.13. The fourth-order valence-corrected chi connectivity index (χ4v) is 6.13. The van der Waals surface area contributed by atoms with E-state index < -0.39 is 9.84 Å². The summed E-state index contributed by atoms with van der Waals surface area (Å²) in [4.78, 5) is 28.3. The highest BCUT2D eigenvalue weighted by molar-refractivity contribution is 7.91. The topological polar surface area (TPSA) is 86.8 Å². The predicted molar refractivity (Wildman–Crippen MR) is 88.5 cm³/mol. The number of carbonyl (C=O) groups is 2. The van der Waals surface area contributed by atoms with Gasteiger partial charge in [0.25, 0.3) is 5.91 Å². The summed E-state index contributed by atoms with van der Waals surface area (Å²) >= 11 is 1.26. The van der Waals surface area contributed by atoms with Crippen molar-refractivity contribution in [2.24, 2.45) is 0 Å². The van der Waals surface area contributed by atoms with Gasteiger partial charge in [0, 0.05) is 26.1 Å². The number of hydrogen-bond donors (Lipinski definition) is 1. The van der Waals surface area contributed by atoms with Gasteiger partial charge in [-0.2, -0.15) is 0 Å². The Balaban J connectivity index is 1.88. The summed E-state index contributed by atoms with van der Waals surface area (Å²) in [5, 5.41) is 4.40. The van der Waals surface area contributed by atoms with Crippen LogP contribution in [-0.2, 0) is 14.6 Å². The number of carbonyl (C=O) groups excluding carboxylic acids is 2. The van der Waals surface area contributed by atoms with E-state index in [0.29, 0.717) is 23.7 Å². The van der Waals surface area contributed by atoms with Crippen LogP contribution >= 0.6 is 11.3 Å². The van der Waals surface area contributed by atoms with Crippen molar-refractivity contribution in [1.82, 2.24) is 9.80 Å². The van der Waals surface area contributed by atoms with E-state index in [1.165, 1.54) is 18.3 Å². The molecule has 0 spiro atoms. The van der Waals surface area contributed by atoms with Crippen LogP contribution in [0.3, 0.4) is 0 Å². The molecule has 23 heavy (non-hydrogen) atoms. The summed E-state index contributed by atoms with van der Waals surface area (Å²) in [6.07, 6.45) is 0. The van der Waals surface area contributed by atoms with Crippen LogP contribution in [0.4, 0.5) is 5.69 Å². The van der Waals surface area contributed by atoms with Gasteiger partial charge < -0.3 is 10.2 Å². The van der Waals surface area contributed by atoms with Gasteiger partial charge in [-0.25, -0.2) is 8.42 Å². The molecule has 1 N–H and O–H groups in total. The first kappa shape index (κ1) is 16.4. The summed E-state index contributed by atoms with van der Waals surface area (Å²) < 4.78 is 24.0. The van der Waals surface area contributed by atoms with Crippen molar-refractivity contribution in [3.63, 3.8) is 0 Å². The fraction of sp³-hybridized carbons (Fsp3) is 0.571. The molecule has 0 aromatic carbocycles. The number of nitrogens with zero attached hydrogens (tertiary/aromatic N) is 2. The van der Waals surface area contributed by atoms with Crippen molar-refractivity contribution in [1.29, 1.82) is 0 Å². The van der Waals surface area contributed by atoms with E-state index in [9.17, 15) is 18.0 Å². The van der Waals surface area contributed by atoms with E-state index in [2.05, 4.69) is 5.32 Å². The molecule has 0 aliphatic carbocycles. The number of likely N-dealkylation sites (N-methyl/N-ethyl adjacent to an activating group) is 1. The molecule has 0 unspecified atom stereocenters.